The third-order valence-corrected chi connectivity index (χ3v) is 8.83. The number of carbonyl (C=O) groups excluding carboxylic acids is 4. The fourth-order valence-electron chi connectivity index (χ4n) is 5.66. The molecule has 5 aromatic rings. The predicted octanol–water partition coefficient (Wildman–Crippen LogP) is 8.72. The summed E-state index contributed by atoms with van der Waals surface area (Å²) in [4.78, 5) is 53.0. The Hall–Kier alpha value is -6.93. The molecule has 0 unspecified atom stereocenters. The lowest BCUT2D eigenvalue weighted by Gasteiger charge is -2.14. The predicted molar refractivity (Wildman–Crippen MR) is 224 cm³/mol. The maximum Gasteiger partial charge on any atom is 0.343 e. The van der Waals surface area contributed by atoms with E-state index in [0.717, 1.165) is 63.5 Å². The van der Waals surface area contributed by atoms with Crippen molar-refractivity contribution in [3.05, 3.63) is 133 Å². The molecule has 0 fully saturated rings. The van der Waals surface area contributed by atoms with Gasteiger partial charge in [-0.25, -0.2) is 24.6 Å². The Morgan fingerprint density at radius 3 is 1.67 bits per heavy atom. The highest BCUT2D eigenvalue weighted by Crippen LogP contribution is 2.27. The van der Waals surface area contributed by atoms with E-state index in [1.165, 1.54) is 0 Å². The molecule has 14 nitrogen and oxygen atoms in total. The van der Waals surface area contributed by atoms with Crippen molar-refractivity contribution in [1.29, 1.82) is 0 Å². The van der Waals surface area contributed by atoms with E-state index in [2.05, 4.69) is 29.0 Å². The van der Waals surface area contributed by atoms with Gasteiger partial charge in [0, 0.05) is 24.3 Å². The summed E-state index contributed by atoms with van der Waals surface area (Å²) >= 11 is 0. The molecule has 0 atom stereocenters. The molecule has 5 rings (SSSR count). The van der Waals surface area contributed by atoms with E-state index in [1.807, 2.05) is 18.2 Å². The molecule has 0 radical (unpaired) electrons. The minimum absolute atomic E-state index is 0.119. The first-order valence-corrected chi connectivity index (χ1v) is 19.8. The van der Waals surface area contributed by atoms with E-state index in [1.54, 1.807) is 72.8 Å². The molecule has 0 aliphatic rings. The van der Waals surface area contributed by atoms with Crippen LogP contribution in [0.4, 0.5) is 6.01 Å². The second kappa shape index (κ2) is 24.1. The SMILES string of the molecule is C=CC(=O)OCCCCCCOc1ccc(C(=O)Oc2ccc(OC(=O)c3ccc(OCCCCCCOC(=O)C=C)cc3)c(CNNc3nc4ccccc4o3)c2)cc1. The van der Waals surface area contributed by atoms with E-state index in [-0.39, 0.29) is 24.1 Å². The summed E-state index contributed by atoms with van der Waals surface area (Å²) in [6.07, 6.45) is 9.14. The average Bonchev–Trinajstić information content (AvgIpc) is 3.69. The van der Waals surface area contributed by atoms with Gasteiger partial charge in [0.15, 0.2) is 5.58 Å². The van der Waals surface area contributed by atoms with Crippen molar-refractivity contribution >= 4 is 41.0 Å². The minimum atomic E-state index is -0.592. The Labute approximate surface area is 348 Å². The molecule has 314 valence electrons. The first-order valence-electron chi connectivity index (χ1n) is 19.8. The van der Waals surface area contributed by atoms with Crippen LogP contribution in [0.3, 0.4) is 0 Å². The van der Waals surface area contributed by atoms with Gasteiger partial charge in [-0.2, -0.15) is 4.98 Å². The topological polar surface area (TPSA) is 174 Å². The zero-order valence-electron chi connectivity index (χ0n) is 33.4. The van der Waals surface area contributed by atoms with Crippen LogP contribution in [0.1, 0.15) is 77.6 Å². The number of nitrogens with one attached hydrogen (secondary N) is 2. The van der Waals surface area contributed by atoms with Crippen LogP contribution in [0.5, 0.6) is 23.0 Å². The Kier molecular flexibility index (Phi) is 17.7. The number of unbranched alkanes of at least 4 members (excludes halogenated alkanes) is 6. The zero-order chi connectivity index (χ0) is 42.4. The lowest BCUT2D eigenvalue weighted by atomic mass is 10.1. The van der Waals surface area contributed by atoms with E-state index in [0.29, 0.717) is 65.7 Å². The minimum Gasteiger partial charge on any atom is -0.494 e. The molecule has 0 aliphatic carbocycles. The number of fused-ring (bicyclic) bond motifs is 1. The summed E-state index contributed by atoms with van der Waals surface area (Å²) in [5.74, 6) is -0.303. The van der Waals surface area contributed by atoms with Crippen molar-refractivity contribution in [3.63, 3.8) is 0 Å². The Balaban J connectivity index is 1.13. The molecule has 0 aliphatic heterocycles. The van der Waals surface area contributed by atoms with Crippen LogP contribution < -0.4 is 29.8 Å². The highest BCUT2D eigenvalue weighted by molar-refractivity contribution is 5.92. The van der Waals surface area contributed by atoms with Crippen LogP contribution in [0.15, 0.2) is 121 Å². The first kappa shape index (κ1) is 44.2. The third kappa shape index (κ3) is 14.8. The number of anilines is 1. The van der Waals surface area contributed by atoms with Gasteiger partial charge in [0.1, 0.15) is 28.5 Å². The molecule has 14 heteroatoms. The Bertz CT molecular complexity index is 2150. The van der Waals surface area contributed by atoms with Crippen LogP contribution in [-0.4, -0.2) is 55.3 Å². The molecule has 0 amide bonds. The highest BCUT2D eigenvalue weighted by Gasteiger charge is 2.16. The van der Waals surface area contributed by atoms with E-state index < -0.39 is 23.9 Å². The monoisotopic (exact) mass is 819 g/mol. The number of hydrogen-bond donors (Lipinski definition) is 2. The van der Waals surface area contributed by atoms with Crippen molar-refractivity contribution in [2.24, 2.45) is 0 Å². The van der Waals surface area contributed by atoms with Crippen molar-refractivity contribution in [1.82, 2.24) is 10.4 Å². The number of rotatable bonds is 26. The van der Waals surface area contributed by atoms with Gasteiger partial charge in [-0.15, -0.1) is 0 Å². The van der Waals surface area contributed by atoms with Gasteiger partial charge >= 0.3 is 29.9 Å². The number of oxazole rings is 1. The number of carbonyl (C=O) groups is 4. The van der Waals surface area contributed by atoms with Gasteiger partial charge in [-0.05, 0) is 130 Å². The van der Waals surface area contributed by atoms with E-state index >= 15 is 0 Å². The fraction of sp³-hybridized carbons (Fsp3) is 0.283. The number of ether oxygens (including phenoxy) is 6. The van der Waals surface area contributed by atoms with Gasteiger partial charge in [0.25, 0.3) is 0 Å². The smallest absolute Gasteiger partial charge is 0.343 e. The molecule has 2 N–H and O–H groups in total. The molecule has 0 spiro atoms. The Morgan fingerprint density at radius 2 is 1.12 bits per heavy atom. The van der Waals surface area contributed by atoms with Gasteiger partial charge in [0.2, 0.25) is 0 Å². The zero-order valence-corrected chi connectivity index (χ0v) is 33.4. The summed E-state index contributed by atoms with van der Waals surface area (Å²) in [5.41, 5.74) is 8.38. The maximum atomic E-state index is 13.3. The normalized spacial score (nSPS) is 10.7. The van der Waals surface area contributed by atoms with Crippen LogP contribution in [0.25, 0.3) is 11.1 Å². The summed E-state index contributed by atoms with van der Waals surface area (Å²) in [7, 11) is 0. The number of aromatic nitrogens is 1. The van der Waals surface area contributed by atoms with Crippen LogP contribution in [0.2, 0.25) is 0 Å². The van der Waals surface area contributed by atoms with Gasteiger partial charge < -0.3 is 32.8 Å². The number of hydrogen-bond acceptors (Lipinski definition) is 14. The summed E-state index contributed by atoms with van der Waals surface area (Å²) in [5, 5.41) is 0. The molecular formula is C46H49N3O11. The quantitative estimate of drug-likeness (QED) is 0.0178. The lowest BCUT2D eigenvalue weighted by molar-refractivity contribution is -0.138. The van der Waals surface area contributed by atoms with Gasteiger partial charge in [-0.1, -0.05) is 25.3 Å². The van der Waals surface area contributed by atoms with Gasteiger partial charge in [0.05, 0.1) is 37.6 Å². The standard InChI is InChI=1S/C46H49N3O11/c1-3-42(50)56-29-13-7-5-11-27-54-36-21-17-33(18-22-36)44(52)58-38-25-26-40(35(31-38)32-47-49-46-48-39-15-9-10-16-41(39)60-46)59-45(53)34-19-23-37(24-20-34)55-28-12-6-8-14-30-57-43(51)4-2/h3-4,9-10,15-26,31,47H,1-2,5-8,11-14,27-30,32H2,(H,48,49). The molecule has 1 heterocycles. The molecule has 0 saturated heterocycles. The molecule has 0 saturated carbocycles. The largest absolute Gasteiger partial charge is 0.494 e. The molecular weight excluding hydrogens is 771 g/mol. The number of esters is 4. The molecule has 1 aromatic heterocycles. The van der Waals surface area contributed by atoms with Crippen LogP contribution >= 0.6 is 0 Å². The molecule has 60 heavy (non-hydrogen) atoms. The van der Waals surface area contributed by atoms with Gasteiger partial charge in [-0.3, -0.25) is 5.43 Å². The second-order valence-corrected chi connectivity index (χ2v) is 13.3. The molecule has 0 bridgehead atoms. The number of nitrogens with zero attached hydrogens (tertiary/aromatic N) is 1. The maximum absolute atomic E-state index is 13.3. The third-order valence-electron chi connectivity index (χ3n) is 8.83. The summed E-state index contributed by atoms with van der Waals surface area (Å²) in [6.45, 7) is 8.62. The summed E-state index contributed by atoms with van der Waals surface area (Å²) in [6, 6.07) is 25.6. The van der Waals surface area contributed by atoms with E-state index in [4.69, 9.17) is 32.8 Å². The lowest BCUT2D eigenvalue weighted by Crippen LogP contribution is -2.22. The van der Waals surface area contributed by atoms with E-state index in [9.17, 15) is 19.2 Å². The number of hydrazine groups is 1. The number of benzene rings is 4. The van der Waals surface area contributed by atoms with Crippen molar-refractivity contribution < 1.29 is 52.0 Å². The summed E-state index contributed by atoms with van der Waals surface area (Å²) < 4.78 is 38.9. The van der Waals surface area contributed by atoms with Crippen molar-refractivity contribution in [2.45, 2.75) is 57.9 Å². The molecule has 4 aromatic carbocycles. The second-order valence-electron chi connectivity index (χ2n) is 13.3. The fourth-order valence-corrected chi connectivity index (χ4v) is 5.66. The Morgan fingerprint density at radius 1 is 0.600 bits per heavy atom. The van der Waals surface area contributed by atoms with Crippen molar-refractivity contribution in [3.8, 4) is 23.0 Å². The number of para-hydroxylation sites is 2. The van der Waals surface area contributed by atoms with Crippen LogP contribution in [-0.2, 0) is 25.6 Å². The van der Waals surface area contributed by atoms with Crippen LogP contribution in [0, 0.1) is 0 Å². The van der Waals surface area contributed by atoms with Crippen molar-refractivity contribution in [2.75, 3.05) is 31.9 Å². The average molecular weight is 820 g/mol. The first-order chi connectivity index (χ1) is 29.3. The highest BCUT2D eigenvalue weighted by atomic mass is 16.5.